The molecule has 3 N–H and O–H groups in total. The Morgan fingerprint density at radius 3 is 2.73 bits per heavy atom. The molecule has 0 aliphatic carbocycles. The SMILES string of the molecule is CCC(C)(CN)CNCC1CCOC1C. The summed E-state index contributed by atoms with van der Waals surface area (Å²) in [7, 11) is 0. The first-order chi connectivity index (χ1) is 7.11. The normalized spacial score (nSPS) is 30.4. The molecule has 0 spiro atoms. The molecule has 0 aromatic rings. The summed E-state index contributed by atoms with van der Waals surface area (Å²) in [6, 6.07) is 0. The van der Waals surface area contributed by atoms with Crippen molar-refractivity contribution in [2.75, 3.05) is 26.2 Å². The molecule has 0 saturated carbocycles. The highest BCUT2D eigenvalue weighted by Gasteiger charge is 2.25. The number of ether oxygens (including phenoxy) is 1. The van der Waals surface area contributed by atoms with Crippen LogP contribution in [0.25, 0.3) is 0 Å². The molecule has 1 aliphatic heterocycles. The maximum atomic E-state index is 5.77. The van der Waals surface area contributed by atoms with Gasteiger partial charge in [-0.05, 0) is 37.6 Å². The molecule has 3 unspecified atom stereocenters. The van der Waals surface area contributed by atoms with Crippen LogP contribution >= 0.6 is 0 Å². The molecule has 1 fully saturated rings. The Kier molecular flexibility index (Phi) is 5.03. The molecule has 1 heterocycles. The molecule has 3 nitrogen and oxygen atoms in total. The van der Waals surface area contributed by atoms with Gasteiger partial charge in [-0.15, -0.1) is 0 Å². The number of nitrogens with one attached hydrogen (secondary N) is 1. The van der Waals surface area contributed by atoms with Crippen molar-refractivity contribution >= 4 is 0 Å². The van der Waals surface area contributed by atoms with Crippen LogP contribution < -0.4 is 11.1 Å². The summed E-state index contributed by atoms with van der Waals surface area (Å²) in [4.78, 5) is 0. The zero-order valence-electron chi connectivity index (χ0n) is 10.4. The van der Waals surface area contributed by atoms with E-state index in [1.165, 1.54) is 6.42 Å². The summed E-state index contributed by atoms with van der Waals surface area (Å²) in [5.74, 6) is 0.684. The Balaban J connectivity index is 2.20. The van der Waals surface area contributed by atoms with Gasteiger partial charge in [0.25, 0.3) is 0 Å². The molecule has 1 rings (SSSR count). The number of hydrogen-bond acceptors (Lipinski definition) is 3. The summed E-state index contributed by atoms with van der Waals surface area (Å²) in [6.07, 6.45) is 2.75. The van der Waals surface area contributed by atoms with Gasteiger partial charge in [-0.1, -0.05) is 13.8 Å². The van der Waals surface area contributed by atoms with E-state index in [9.17, 15) is 0 Å². The molecule has 0 aromatic heterocycles. The fraction of sp³-hybridized carbons (Fsp3) is 1.00. The van der Waals surface area contributed by atoms with Crippen molar-refractivity contribution < 1.29 is 4.74 Å². The van der Waals surface area contributed by atoms with Crippen LogP contribution in [0.1, 0.15) is 33.6 Å². The Labute approximate surface area is 93.8 Å². The zero-order chi connectivity index (χ0) is 11.3. The number of nitrogens with two attached hydrogens (primary N) is 1. The van der Waals surface area contributed by atoms with E-state index < -0.39 is 0 Å². The maximum Gasteiger partial charge on any atom is 0.0588 e. The Morgan fingerprint density at radius 2 is 2.27 bits per heavy atom. The average molecular weight is 214 g/mol. The van der Waals surface area contributed by atoms with Crippen LogP contribution in [0.3, 0.4) is 0 Å². The predicted octanol–water partition coefficient (Wildman–Crippen LogP) is 1.38. The molecule has 1 saturated heterocycles. The molecular weight excluding hydrogens is 188 g/mol. The summed E-state index contributed by atoms with van der Waals surface area (Å²) >= 11 is 0. The van der Waals surface area contributed by atoms with E-state index in [0.717, 1.165) is 32.7 Å². The monoisotopic (exact) mass is 214 g/mol. The van der Waals surface area contributed by atoms with E-state index >= 15 is 0 Å². The molecular formula is C12H26N2O. The summed E-state index contributed by atoms with van der Waals surface area (Å²) in [6.45, 7) is 10.4. The standard InChI is InChI=1S/C12H26N2O/c1-4-12(3,8-13)9-14-7-11-5-6-15-10(11)2/h10-11,14H,4-9,13H2,1-3H3. The molecule has 1 aliphatic rings. The highest BCUT2D eigenvalue weighted by atomic mass is 16.5. The fourth-order valence-corrected chi connectivity index (χ4v) is 1.94. The van der Waals surface area contributed by atoms with Crippen molar-refractivity contribution in [3.05, 3.63) is 0 Å². The minimum Gasteiger partial charge on any atom is -0.378 e. The second-order valence-electron chi connectivity index (χ2n) is 5.12. The van der Waals surface area contributed by atoms with Crippen LogP contribution in [0.2, 0.25) is 0 Å². The third-order valence-electron chi connectivity index (χ3n) is 3.84. The van der Waals surface area contributed by atoms with E-state index in [0.29, 0.717) is 12.0 Å². The van der Waals surface area contributed by atoms with E-state index in [2.05, 4.69) is 26.1 Å². The van der Waals surface area contributed by atoms with E-state index in [1.54, 1.807) is 0 Å². The van der Waals surface area contributed by atoms with Gasteiger partial charge in [0, 0.05) is 19.7 Å². The lowest BCUT2D eigenvalue weighted by atomic mass is 9.87. The predicted molar refractivity (Wildman–Crippen MR) is 63.8 cm³/mol. The highest BCUT2D eigenvalue weighted by Crippen LogP contribution is 2.21. The van der Waals surface area contributed by atoms with E-state index in [-0.39, 0.29) is 5.41 Å². The van der Waals surface area contributed by atoms with E-state index in [4.69, 9.17) is 10.5 Å². The molecule has 0 aromatic carbocycles. The quantitative estimate of drug-likeness (QED) is 0.702. The van der Waals surface area contributed by atoms with Crippen LogP contribution in [-0.2, 0) is 4.74 Å². The molecule has 0 bridgehead atoms. The number of rotatable bonds is 6. The number of hydrogen-bond donors (Lipinski definition) is 2. The van der Waals surface area contributed by atoms with E-state index in [1.807, 2.05) is 0 Å². The molecule has 15 heavy (non-hydrogen) atoms. The topological polar surface area (TPSA) is 47.3 Å². The van der Waals surface area contributed by atoms with Gasteiger partial charge >= 0.3 is 0 Å². The Hall–Kier alpha value is -0.120. The lowest BCUT2D eigenvalue weighted by Crippen LogP contribution is -2.40. The van der Waals surface area contributed by atoms with Crippen LogP contribution in [0.4, 0.5) is 0 Å². The van der Waals surface area contributed by atoms with Crippen molar-refractivity contribution in [3.63, 3.8) is 0 Å². The largest absolute Gasteiger partial charge is 0.378 e. The van der Waals surface area contributed by atoms with Gasteiger partial charge in [0.15, 0.2) is 0 Å². The third-order valence-corrected chi connectivity index (χ3v) is 3.84. The van der Waals surface area contributed by atoms with Crippen molar-refractivity contribution in [3.8, 4) is 0 Å². The molecule has 3 atom stereocenters. The fourth-order valence-electron chi connectivity index (χ4n) is 1.94. The lowest BCUT2D eigenvalue weighted by molar-refractivity contribution is 0.104. The van der Waals surface area contributed by atoms with Gasteiger partial charge < -0.3 is 15.8 Å². The molecule has 0 amide bonds. The van der Waals surface area contributed by atoms with Gasteiger partial charge in [-0.2, -0.15) is 0 Å². The Bertz CT molecular complexity index is 180. The lowest BCUT2D eigenvalue weighted by Gasteiger charge is -2.27. The van der Waals surface area contributed by atoms with Gasteiger partial charge in [0.1, 0.15) is 0 Å². The van der Waals surface area contributed by atoms with Crippen molar-refractivity contribution in [1.82, 2.24) is 5.32 Å². The van der Waals surface area contributed by atoms with Gasteiger partial charge in [-0.25, -0.2) is 0 Å². The average Bonchev–Trinajstić information content (AvgIpc) is 2.64. The van der Waals surface area contributed by atoms with Gasteiger partial charge in [0.05, 0.1) is 6.10 Å². The van der Waals surface area contributed by atoms with Gasteiger partial charge in [0.2, 0.25) is 0 Å². The third kappa shape index (κ3) is 3.74. The smallest absolute Gasteiger partial charge is 0.0588 e. The zero-order valence-corrected chi connectivity index (χ0v) is 10.4. The Morgan fingerprint density at radius 1 is 1.53 bits per heavy atom. The minimum absolute atomic E-state index is 0.253. The molecule has 3 heteroatoms. The van der Waals surface area contributed by atoms with Crippen LogP contribution in [0.15, 0.2) is 0 Å². The maximum absolute atomic E-state index is 5.77. The van der Waals surface area contributed by atoms with Gasteiger partial charge in [-0.3, -0.25) is 0 Å². The molecule has 0 radical (unpaired) electrons. The highest BCUT2D eigenvalue weighted by molar-refractivity contribution is 4.79. The first-order valence-corrected chi connectivity index (χ1v) is 6.13. The second-order valence-corrected chi connectivity index (χ2v) is 5.12. The first-order valence-electron chi connectivity index (χ1n) is 6.13. The molecule has 90 valence electrons. The van der Waals surface area contributed by atoms with Crippen LogP contribution in [0.5, 0.6) is 0 Å². The second kappa shape index (κ2) is 5.83. The van der Waals surface area contributed by atoms with Crippen molar-refractivity contribution in [1.29, 1.82) is 0 Å². The van der Waals surface area contributed by atoms with Crippen LogP contribution in [-0.4, -0.2) is 32.3 Å². The van der Waals surface area contributed by atoms with Crippen molar-refractivity contribution in [2.24, 2.45) is 17.1 Å². The van der Waals surface area contributed by atoms with Crippen molar-refractivity contribution in [2.45, 2.75) is 39.7 Å². The van der Waals surface area contributed by atoms with Crippen LogP contribution in [0, 0.1) is 11.3 Å². The summed E-state index contributed by atoms with van der Waals surface area (Å²) in [5, 5.41) is 3.54. The summed E-state index contributed by atoms with van der Waals surface area (Å²) in [5.41, 5.74) is 6.03. The summed E-state index contributed by atoms with van der Waals surface area (Å²) < 4.78 is 5.54. The first kappa shape index (κ1) is 12.9. The minimum atomic E-state index is 0.253.